The second-order valence-corrected chi connectivity index (χ2v) is 4.64. The zero-order chi connectivity index (χ0) is 13.4. The van der Waals surface area contributed by atoms with Crippen molar-refractivity contribution in [2.24, 2.45) is 0 Å². The molecule has 0 radical (unpaired) electrons. The Kier molecular flexibility index (Phi) is 2.82. The molecule has 0 saturated carbocycles. The molecule has 96 valence electrons. The van der Waals surface area contributed by atoms with Crippen LogP contribution in [0.3, 0.4) is 0 Å². The van der Waals surface area contributed by atoms with Gasteiger partial charge in [0.25, 0.3) is 0 Å². The number of ketones is 1. The predicted molar refractivity (Wildman–Crippen MR) is 70.2 cm³/mol. The van der Waals surface area contributed by atoms with Gasteiger partial charge in [-0.2, -0.15) is 0 Å². The van der Waals surface area contributed by atoms with Gasteiger partial charge in [0.15, 0.2) is 17.3 Å². The lowest BCUT2D eigenvalue weighted by molar-refractivity contribution is 0.0944. The van der Waals surface area contributed by atoms with Crippen molar-refractivity contribution >= 4 is 5.78 Å². The number of Topliss-reactive ketones (excluding diaryl/α,β-unsaturated/α-hetero) is 1. The molecule has 0 heterocycles. The summed E-state index contributed by atoms with van der Waals surface area (Å²) in [6.07, 6.45) is 0.686. The highest BCUT2D eigenvalue weighted by molar-refractivity contribution is 6.03. The van der Waals surface area contributed by atoms with Crippen LogP contribution in [0.5, 0.6) is 5.75 Å². The Bertz CT molecular complexity index is 649. The number of hydrogen-bond donors (Lipinski definition) is 0. The van der Waals surface area contributed by atoms with Crippen LogP contribution in [-0.4, -0.2) is 12.9 Å². The maximum Gasteiger partial charge on any atom is 0.175 e. The van der Waals surface area contributed by atoms with Crippen LogP contribution in [0.4, 0.5) is 4.39 Å². The van der Waals surface area contributed by atoms with Gasteiger partial charge in [-0.3, -0.25) is 4.79 Å². The number of benzene rings is 2. The van der Waals surface area contributed by atoms with Gasteiger partial charge >= 0.3 is 0 Å². The summed E-state index contributed by atoms with van der Waals surface area (Å²) < 4.78 is 19.0. The van der Waals surface area contributed by atoms with Crippen molar-refractivity contribution in [1.29, 1.82) is 0 Å². The third-order valence-corrected chi connectivity index (χ3v) is 3.62. The molecular weight excluding hydrogens is 243 g/mol. The lowest BCUT2D eigenvalue weighted by Gasteiger charge is -2.29. The van der Waals surface area contributed by atoms with Gasteiger partial charge in [-0.05, 0) is 29.7 Å². The van der Waals surface area contributed by atoms with Gasteiger partial charge in [-0.25, -0.2) is 4.39 Å². The van der Waals surface area contributed by atoms with Gasteiger partial charge < -0.3 is 4.74 Å². The Labute approximate surface area is 110 Å². The molecule has 2 nitrogen and oxygen atoms in total. The minimum atomic E-state index is -0.570. The lowest BCUT2D eigenvalue weighted by atomic mass is 9.74. The van der Waals surface area contributed by atoms with E-state index in [4.69, 9.17) is 4.74 Å². The van der Waals surface area contributed by atoms with Crippen molar-refractivity contribution in [3.8, 4) is 5.75 Å². The molecule has 1 aliphatic rings. The first kappa shape index (κ1) is 11.9. The van der Waals surface area contributed by atoms with Crippen molar-refractivity contribution in [3.63, 3.8) is 0 Å². The van der Waals surface area contributed by atoms with E-state index in [1.807, 2.05) is 24.3 Å². The van der Waals surface area contributed by atoms with E-state index >= 15 is 0 Å². The molecule has 0 spiro atoms. The van der Waals surface area contributed by atoms with Crippen LogP contribution in [0, 0.1) is 5.82 Å². The molecule has 0 amide bonds. The molecule has 0 aromatic heterocycles. The summed E-state index contributed by atoms with van der Waals surface area (Å²) in [5.41, 5.74) is 2.29. The van der Waals surface area contributed by atoms with E-state index in [0.717, 1.165) is 5.56 Å². The van der Waals surface area contributed by atoms with E-state index < -0.39 is 5.82 Å². The summed E-state index contributed by atoms with van der Waals surface area (Å²) in [5, 5.41) is 0. The van der Waals surface area contributed by atoms with E-state index in [-0.39, 0.29) is 23.0 Å². The smallest absolute Gasteiger partial charge is 0.175 e. The number of carbonyl (C=O) groups excluding carboxylic acids is 1. The first-order chi connectivity index (χ1) is 9.22. The number of rotatable bonds is 3. The summed E-state index contributed by atoms with van der Waals surface area (Å²) in [5.74, 6) is -0.856. The zero-order valence-corrected chi connectivity index (χ0v) is 10.5. The Hall–Kier alpha value is -2.16. The van der Waals surface area contributed by atoms with Crippen LogP contribution < -0.4 is 4.74 Å². The highest BCUT2D eigenvalue weighted by Crippen LogP contribution is 2.38. The van der Waals surface area contributed by atoms with E-state index in [9.17, 15) is 9.18 Å². The average Bonchev–Trinajstić information content (AvgIpc) is 2.40. The molecule has 0 bridgehead atoms. The molecule has 0 aliphatic heterocycles. The topological polar surface area (TPSA) is 26.3 Å². The Morgan fingerprint density at radius 3 is 2.74 bits per heavy atom. The lowest BCUT2D eigenvalue weighted by Crippen LogP contribution is -2.26. The number of hydrogen-bond acceptors (Lipinski definition) is 2. The third-order valence-electron chi connectivity index (χ3n) is 3.62. The zero-order valence-electron chi connectivity index (χ0n) is 10.5. The normalized spacial score (nSPS) is 16.4. The van der Waals surface area contributed by atoms with Gasteiger partial charge in [0.2, 0.25) is 0 Å². The fourth-order valence-electron chi connectivity index (χ4n) is 2.54. The molecular formula is C16H13FO2. The Balaban J connectivity index is 1.95. The third kappa shape index (κ3) is 1.82. The monoisotopic (exact) mass is 256 g/mol. The maximum atomic E-state index is 14.1. The summed E-state index contributed by atoms with van der Waals surface area (Å²) in [6.45, 7) is 0. The van der Waals surface area contributed by atoms with E-state index in [0.29, 0.717) is 6.42 Å². The standard InChI is InChI=1S/C16H13FO2/c1-19-14-8-4-7-12(15(14)17)16(18)13-9-10-5-2-3-6-11(10)13/h2-8,13H,9H2,1H3. The van der Waals surface area contributed by atoms with Crippen LogP contribution in [0.25, 0.3) is 0 Å². The summed E-state index contributed by atoms with van der Waals surface area (Å²) in [4.78, 5) is 12.4. The van der Waals surface area contributed by atoms with Gasteiger partial charge in [0.05, 0.1) is 18.6 Å². The summed E-state index contributed by atoms with van der Waals surface area (Å²) in [7, 11) is 1.39. The molecule has 19 heavy (non-hydrogen) atoms. The number of methoxy groups -OCH3 is 1. The fourth-order valence-corrected chi connectivity index (χ4v) is 2.54. The van der Waals surface area contributed by atoms with Crippen molar-refractivity contribution in [2.75, 3.05) is 7.11 Å². The highest BCUT2D eigenvalue weighted by Gasteiger charge is 2.33. The summed E-state index contributed by atoms with van der Waals surface area (Å²) in [6, 6.07) is 12.5. The molecule has 3 rings (SSSR count). The number of halogens is 1. The second-order valence-electron chi connectivity index (χ2n) is 4.64. The van der Waals surface area contributed by atoms with Gasteiger partial charge in [-0.15, -0.1) is 0 Å². The molecule has 1 unspecified atom stereocenters. The van der Waals surface area contributed by atoms with Gasteiger partial charge in [0.1, 0.15) is 0 Å². The van der Waals surface area contributed by atoms with Crippen molar-refractivity contribution in [2.45, 2.75) is 12.3 Å². The van der Waals surface area contributed by atoms with Crippen LogP contribution in [0.15, 0.2) is 42.5 Å². The second kappa shape index (κ2) is 4.50. The molecule has 1 aliphatic carbocycles. The minimum Gasteiger partial charge on any atom is -0.494 e. The number of carbonyl (C=O) groups is 1. The van der Waals surface area contributed by atoms with Crippen molar-refractivity contribution in [1.82, 2.24) is 0 Å². The van der Waals surface area contributed by atoms with Crippen molar-refractivity contribution in [3.05, 3.63) is 65.0 Å². The molecule has 1 atom stereocenters. The van der Waals surface area contributed by atoms with Crippen LogP contribution in [-0.2, 0) is 6.42 Å². The SMILES string of the molecule is COc1cccc(C(=O)C2Cc3ccccc32)c1F. The van der Waals surface area contributed by atoms with Crippen molar-refractivity contribution < 1.29 is 13.9 Å². The Morgan fingerprint density at radius 2 is 2.00 bits per heavy atom. The molecule has 0 N–H and O–H groups in total. The van der Waals surface area contributed by atoms with Crippen LogP contribution in [0.1, 0.15) is 27.4 Å². The predicted octanol–water partition coefficient (Wildman–Crippen LogP) is 3.36. The Morgan fingerprint density at radius 1 is 1.21 bits per heavy atom. The van der Waals surface area contributed by atoms with E-state index in [1.54, 1.807) is 6.07 Å². The minimum absolute atomic E-state index is 0.110. The molecule has 2 aromatic carbocycles. The molecule has 3 heteroatoms. The molecule has 0 saturated heterocycles. The number of fused-ring (bicyclic) bond motifs is 1. The first-order valence-electron chi connectivity index (χ1n) is 6.17. The number of ether oxygens (including phenoxy) is 1. The maximum absolute atomic E-state index is 14.1. The quantitative estimate of drug-likeness (QED) is 0.787. The summed E-state index contributed by atoms with van der Waals surface area (Å²) >= 11 is 0. The first-order valence-corrected chi connectivity index (χ1v) is 6.17. The average molecular weight is 256 g/mol. The molecule has 2 aromatic rings. The largest absolute Gasteiger partial charge is 0.494 e. The van der Waals surface area contributed by atoms with Gasteiger partial charge in [0, 0.05) is 0 Å². The van der Waals surface area contributed by atoms with Gasteiger partial charge in [-0.1, -0.05) is 30.3 Å². The van der Waals surface area contributed by atoms with Crippen LogP contribution >= 0.6 is 0 Å². The fraction of sp³-hybridized carbons (Fsp3) is 0.188. The van der Waals surface area contributed by atoms with E-state index in [1.165, 1.54) is 24.8 Å². The highest BCUT2D eigenvalue weighted by atomic mass is 19.1. The molecule has 0 fully saturated rings. The van der Waals surface area contributed by atoms with Crippen LogP contribution in [0.2, 0.25) is 0 Å². The van der Waals surface area contributed by atoms with E-state index in [2.05, 4.69) is 0 Å².